The highest BCUT2D eigenvalue weighted by Crippen LogP contribution is 2.52. The zero-order chi connectivity index (χ0) is 17.9. The molecule has 1 aliphatic rings. The molecule has 1 fully saturated rings. The molecule has 6 heteroatoms. The van der Waals surface area contributed by atoms with Gasteiger partial charge in [0.05, 0.1) is 5.41 Å². The molecule has 0 atom stereocenters. The van der Waals surface area contributed by atoms with Crippen LogP contribution in [0.1, 0.15) is 18.4 Å². The Balaban J connectivity index is 1.73. The molecule has 0 heterocycles. The smallest absolute Gasteiger partial charge is 0.258 e. The lowest BCUT2D eigenvalue weighted by molar-refractivity contribution is -0.120. The topological polar surface area (TPSA) is 67.5 Å². The van der Waals surface area contributed by atoms with Gasteiger partial charge < -0.3 is 11.1 Å². The average Bonchev–Trinajstić information content (AvgIpc) is 3.37. The second-order valence-electron chi connectivity index (χ2n) is 5.86. The molecule has 128 valence electrons. The number of para-hydroxylation sites is 1. The molecule has 4 nitrogen and oxygen atoms in total. The fourth-order valence-electron chi connectivity index (χ4n) is 2.67. The van der Waals surface area contributed by atoms with Gasteiger partial charge in [-0.2, -0.15) is 4.99 Å². The van der Waals surface area contributed by atoms with Crippen LogP contribution in [0, 0.1) is 5.82 Å². The first-order valence-corrected chi connectivity index (χ1v) is 8.22. The Labute approximate surface area is 150 Å². The summed E-state index contributed by atoms with van der Waals surface area (Å²) in [5.41, 5.74) is 5.90. The quantitative estimate of drug-likeness (QED) is 0.627. The predicted molar refractivity (Wildman–Crippen MR) is 98.2 cm³/mol. The summed E-state index contributed by atoms with van der Waals surface area (Å²) in [4.78, 5) is 16.4. The van der Waals surface area contributed by atoms with E-state index in [2.05, 4.69) is 10.3 Å². The van der Waals surface area contributed by atoms with Crippen molar-refractivity contribution in [2.45, 2.75) is 18.3 Å². The number of aliphatic imine (C=N–C) groups is 1. The van der Waals surface area contributed by atoms with Crippen molar-refractivity contribution >= 4 is 29.0 Å². The molecule has 0 saturated heterocycles. The lowest BCUT2D eigenvalue weighted by atomic mass is 9.94. The Hall–Kier alpha value is -2.66. The van der Waals surface area contributed by atoms with Crippen LogP contribution in [0.25, 0.3) is 0 Å². The van der Waals surface area contributed by atoms with Crippen LogP contribution in [-0.2, 0) is 10.2 Å². The number of amidine groups is 1. The number of nitrogens with two attached hydrogens (primary N) is 1. The monoisotopic (exact) mass is 357 g/mol. The molecule has 3 N–H and O–H groups in total. The Morgan fingerprint density at radius 3 is 2.56 bits per heavy atom. The largest absolute Gasteiger partial charge is 0.384 e. The maximum absolute atomic E-state index is 14.1. The number of amides is 1. The van der Waals surface area contributed by atoms with E-state index in [0.717, 1.165) is 5.69 Å². The van der Waals surface area contributed by atoms with Crippen LogP contribution in [-0.4, -0.2) is 11.7 Å². The number of nitrogens with one attached hydrogen (secondary N) is 1. The zero-order valence-corrected chi connectivity index (χ0v) is 14.1. The van der Waals surface area contributed by atoms with E-state index in [1.807, 2.05) is 30.3 Å². The maximum Gasteiger partial charge on any atom is 0.258 e. The maximum atomic E-state index is 14.1. The molecular weight excluding hydrogens is 341 g/mol. The first-order chi connectivity index (χ1) is 12.0. The van der Waals surface area contributed by atoms with Crippen molar-refractivity contribution in [3.8, 4) is 0 Å². The van der Waals surface area contributed by atoms with Crippen LogP contribution in [0.3, 0.4) is 0 Å². The van der Waals surface area contributed by atoms with Crippen molar-refractivity contribution in [1.82, 2.24) is 0 Å². The number of carbonyl (C=O) groups excluding carboxylic acids is 1. The Kier molecular flexibility index (Phi) is 4.86. The average molecular weight is 358 g/mol. The van der Waals surface area contributed by atoms with Crippen molar-refractivity contribution in [2.75, 3.05) is 5.32 Å². The molecule has 1 amide bonds. The van der Waals surface area contributed by atoms with Gasteiger partial charge in [0, 0.05) is 22.5 Å². The van der Waals surface area contributed by atoms with Crippen LogP contribution in [0.2, 0.25) is 5.02 Å². The second-order valence-corrected chi connectivity index (χ2v) is 6.27. The molecule has 1 aliphatic carbocycles. The standard InChI is InChI=1S/C19H17ClFN3O/c20-14-7-4-8-15(21)17(14)19(10-11-19)18(25)24-16(22)9-12-23-13-5-2-1-3-6-13/h1-9,12,23H,10-11H2,(H2,22,24,25)/b12-9-. The van der Waals surface area contributed by atoms with Gasteiger partial charge in [0.1, 0.15) is 11.7 Å². The highest BCUT2D eigenvalue weighted by molar-refractivity contribution is 6.32. The van der Waals surface area contributed by atoms with E-state index >= 15 is 0 Å². The molecule has 0 spiro atoms. The molecule has 0 aliphatic heterocycles. The number of anilines is 1. The summed E-state index contributed by atoms with van der Waals surface area (Å²) in [6, 6.07) is 13.9. The number of nitrogens with zero attached hydrogens (tertiary/aromatic N) is 1. The minimum Gasteiger partial charge on any atom is -0.384 e. The van der Waals surface area contributed by atoms with Crippen LogP contribution in [0.5, 0.6) is 0 Å². The number of hydrogen-bond acceptors (Lipinski definition) is 2. The molecular formula is C19H17ClFN3O. The van der Waals surface area contributed by atoms with Crippen molar-refractivity contribution in [3.05, 3.63) is 77.2 Å². The number of carbonyl (C=O) groups is 1. The third kappa shape index (κ3) is 3.72. The van der Waals surface area contributed by atoms with E-state index in [0.29, 0.717) is 12.8 Å². The summed E-state index contributed by atoms with van der Waals surface area (Å²) in [5.74, 6) is -0.915. The fraction of sp³-hybridized carbons (Fsp3) is 0.158. The van der Waals surface area contributed by atoms with Crippen molar-refractivity contribution in [3.63, 3.8) is 0 Å². The first-order valence-electron chi connectivity index (χ1n) is 7.84. The minimum atomic E-state index is -0.992. The molecule has 0 radical (unpaired) electrons. The molecule has 0 unspecified atom stereocenters. The SMILES string of the molecule is NC(/C=C\Nc1ccccc1)=NC(=O)C1(c2c(F)cccc2Cl)CC1. The van der Waals surface area contributed by atoms with E-state index in [9.17, 15) is 9.18 Å². The summed E-state index contributed by atoms with van der Waals surface area (Å²) < 4.78 is 14.1. The number of hydrogen-bond donors (Lipinski definition) is 2. The van der Waals surface area contributed by atoms with E-state index in [4.69, 9.17) is 17.3 Å². The highest BCUT2D eigenvalue weighted by atomic mass is 35.5. The number of benzene rings is 2. The van der Waals surface area contributed by atoms with Gasteiger partial charge in [-0.25, -0.2) is 4.39 Å². The van der Waals surface area contributed by atoms with Crippen LogP contribution in [0.15, 0.2) is 65.8 Å². The molecule has 2 aromatic carbocycles. The Morgan fingerprint density at radius 1 is 1.20 bits per heavy atom. The van der Waals surface area contributed by atoms with Crippen LogP contribution >= 0.6 is 11.6 Å². The predicted octanol–water partition coefficient (Wildman–Crippen LogP) is 4.02. The van der Waals surface area contributed by atoms with E-state index in [-0.39, 0.29) is 16.4 Å². The third-order valence-electron chi connectivity index (χ3n) is 4.11. The molecule has 1 saturated carbocycles. The van der Waals surface area contributed by atoms with Crippen molar-refractivity contribution in [2.24, 2.45) is 10.7 Å². The van der Waals surface area contributed by atoms with Crippen molar-refractivity contribution < 1.29 is 9.18 Å². The molecule has 3 rings (SSSR count). The molecule has 25 heavy (non-hydrogen) atoms. The van der Waals surface area contributed by atoms with Gasteiger partial charge in [-0.15, -0.1) is 0 Å². The molecule has 2 aromatic rings. The van der Waals surface area contributed by atoms with Gasteiger partial charge in [-0.1, -0.05) is 35.9 Å². The first kappa shape index (κ1) is 17.2. The summed E-state index contributed by atoms with van der Waals surface area (Å²) in [6.45, 7) is 0. The summed E-state index contributed by atoms with van der Waals surface area (Å²) >= 11 is 6.09. The minimum absolute atomic E-state index is 0.0483. The number of halogens is 2. The van der Waals surface area contributed by atoms with Crippen molar-refractivity contribution in [1.29, 1.82) is 0 Å². The van der Waals surface area contributed by atoms with E-state index in [1.54, 1.807) is 12.3 Å². The van der Waals surface area contributed by atoms with E-state index in [1.165, 1.54) is 18.2 Å². The summed E-state index contributed by atoms with van der Waals surface area (Å²) in [5, 5.41) is 3.26. The third-order valence-corrected chi connectivity index (χ3v) is 4.42. The lowest BCUT2D eigenvalue weighted by Crippen LogP contribution is -2.23. The highest BCUT2D eigenvalue weighted by Gasteiger charge is 2.54. The van der Waals surface area contributed by atoms with E-state index < -0.39 is 17.1 Å². The Morgan fingerprint density at radius 2 is 1.92 bits per heavy atom. The Bertz CT molecular complexity index is 825. The fourth-order valence-corrected chi connectivity index (χ4v) is 3.01. The lowest BCUT2D eigenvalue weighted by Gasteiger charge is -2.14. The van der Waals surface area contributed by atoms with Gasteiger partial charge in [0.25, 0.3) is 5.91 Å². The summed E-state index contributed by atoms with van der Waals surface area (Å²) in [6.07, 6.45) is 4.10. The normalized spacial score (nSPS) is 16.0. The van der Waals surface area contributed by atoms with Gasteiger partial charge >= 0.3 is 0 Å². The summed E-state index contributed by atoms with van der Waals surface area (Å²) in [7, 11) is 0. The molecule has 0 aromatic heterocycles. The second kappa shape index (κ2) is 7.07. The van der Waals surface area contributed by atoms with Crippen LogP contribution < -0.4 is 11.1 Å². The van der Waals surface area contributed by atoms with Gasteiger partial charge in [-0.3, -0.25) is 4.79 Å². The van der Waals surface area contributed by atoms with Gasteiger partial charge in [-0.05, 0) is 43.2 Å². The van der Waals surface area contributed by atoms with Crippen LogP contribution in [0.4, 0.5) is 10.1 Å². The van der Waals surface area contributed by atoms with Gasteiger partial charge in [0.2, 0.25) is 0 Å². The number of rotatable bonds is 5. The molecule has 0 bridgehead atoms. The zero-order valence-electron chi connectivity index (χ0n) is 13.4. The van der Waals surface area contributed by atoms with Gasteiger partial charge in [0.15, 0.2) is 0 Å².